The normalized spacial score (nSPS) is 25.4. The molecule has 4 heteroatoms. The van der Waals surface area contributed by atoms with E-state index in [1.165, 1.54) is 25.7 Å². The summed E-state index contributed by atoms with van der Waals surface area (Å²) in [6, 6.07) is 0. The Morgan fingerprint density at radius 3 is 2.50 bits per heavy atom. The maximum absolute atomic E-state index is 4.25. The van der Waals surface area contributed by atoms with Gasteiger partial charge in [0.05, 0.1) is 0 Å². The molecule has 0 amide bonds. The van der Waals surface area contributed by atoms with E-state index >= 15 is 0 Å². The van der Waals surface area contributed by atoms with E-state index in [0.717, 1.165) is 27.9 Å². The van der Waals surface area contributed by atoms with Gasteiger partial charge in [0.2, 0.25) is 5.95 Å². The van der Waals surface area contributed by atoms with Gasteiger partial charge in [0.1, 0.15) is 0 Å². The fourth-order valence-corrected chi connectivity index (χ4v) is 2.45. The number of nitrogens with one attached hydrogen (secondary N) is 1. The summed E-state index contributed by atoms with van der Waals surface area (Å²) in [5.74, 6) is 2.49. The molecule has 1 heterocycles. The number of rotatable bonds is 3. The maximum atomic E-state index is 4.25. The van der Waals surface area contributed by atoms with Gasteiger partial charge in [-0.3, -0.25) is 0 Å². The Kier molecular flexibility index (Phi) is 4.37. The van der Waals surface area contributed by atoms with Crippen molar-refractivity contribution < 1.29 is 0 Å². The average Bonchev–Trinajstić information content (AvgIpc) is 2.30. The fourth-order valence-electron chi connectivity index (χ4n) is 2.17. The topological polar surface area (TPSA) is 37.8 Å². The largest absolute Gasteiger partial charge is 0.354 e. The van der Waals surface area contributed by atoms with Gasteiger partial charge in [-0.05, 0) is 47.3 Å². The first-order chi connectivity index (χ1) is 7.74. The van der Waals surface area contributed by atoms with E-state index in [1.807, 2.05) is 12.4 Å². The maximum Gasteiger partial charge on any atom is 0.222 e. The molecule has 2 rings (SSSR count). The highest BCUT2D eigenvalue weighted by molar-refractivity contribution is 14.1. The second-order valence-corrected chi connectivity index (χ2v) is 5.98. The molecular formula is C12H18IN3. The van der Waals surface area contributed by atoms with Crippen molar-refractivity contribution in [2.24, 2.45) is 11.8 Å². The van der Waals surface area contributed by atoms with Crippen molar-refractivity contribution in [2.75, 3.05) is 11.9 Å². The van der Waals surface area contributed by atoms with Crippen LogP contribution in [0.4, 0.5) is 5.95 Å². The zero-order chi connectivity index (χ0) is 11.4. The summed E-state index contributed by atoms with van der Waals surface area (Å²) in [4.78, 5) is 8.50. The van der Waals surface area contributed by atoms with Crippen LogP contribution in [0.2, 0.25) is 0 Å². The van der Waals surface area contributed by atoms with E-state index in [-0.39, 0.29) is 0 Å². The molecule has 0 aromatic carbocycles. The monoisotopic (exact) mass is 331 g/mol. The molecule has 1 aromatic rings. The number of hydrogen-bond acceptors (Lipinski definition) is 3. The van der Waals surface area contributed by atoms with E-state index in [0.29, 0.717) is 0 Å². The zero-order valence-corrected chi connectivity index (χ0v) is 11.8. The number of nitrogens with zero attached hydrogens (tertiary/aromatic N) is 2. The third-order valence-corrected chi connectivity index (χ3v) is 3.86. The molecule has 88 valence electrons. The third kappa shape index (κ3) is 3.57. The number of aromatic nitrogens is 2. The highest BCUT2D eigenvalue weighted by Gasteiger charge is 2.17. The molecule has 0 aliphatic heterocycles. The molecule has 16 heavy (non-hydrogen) atoms. The van der Waals surface area contributed by atoms with Crippen LogP contribution in [0.1, 0.15) is 32.6 Å². The van der Waals surface area contributed by atoms with Crippen molar-refractivity contribution >= 4 is 28.5 Å². The molecule has 1 aromatic heterocycles. The van der Waals surface area contributed by atoms with Gasteiger partial charge in [-0.15, -0.1) is 0 Å². The number of halogens is 1. The Hall–Kier alpha value is -0.390. The van der Waals surface area contributed by atoms with Crippen molar-refractivity contribution in [1.29, 1.82) is 0 Å². The van der Waals surface area contributed by atoms with E-state index in [1.54, 1.807) is 0 Å². The van der Waals surface area contributed by atoms with Crippen LogP contribution in [-0.4, -0.2) is 16.5 Å². The van der Waals surface area contributed by atoms with Gasteiger partial charge in [-0.25, -0.2) is 9.97 Å². The smallest absolute Gasteiger partial charge is 0.222 e. The number of anilines is 1. The summed E-state index contributed by atoms with van der Waals surface area (Å²) in [7, 11) is 0. The Morgan fingerprint density at radius 2 is 1.88 bits per heavy atom. The van der Waals surface area contributed by atoms with E-state index in [9.17, 15) is 0 Å². The van der Waals surface area contributed by atoms with E-state index in [2.05, 4.69) is 44.8 Å². The lowest BCUT2D eigenvalue weighted by atomic mass is 9.83. The molecule has 3 nitrogen and oxygen atoms in total. The van der Waals surface area contributed by atoms with Crippen molar-refractivity contribution in [1.82, 2.24) is 9.97 Å². The average molecular weight is 331 g/mol. The lowest BCUT2D eigenvalue weighted by Crippen LogP contribution is -2.20. The molecule has 0 radical (unpaired) electrons. The van der Waals surface area contributed by atoms with E-state index in [4.69, 9.17) is 0 Å². The minimum atomic E-state index is 0.763. The highest BCUT2D eigenvalue weighted by Crippen LogP contribution is 2.28. The molecule has 1 saturated carbocycles. The quantitative estimate of drug-likeness (QED) is 0.864. The van der Waals surface area contributed by atoms with Crippen LogP contribution in [0.15, 0.2) is 12.4 Å². The highest BCUT2D eigenvalue weighted by atomic mass is 127. The Bertz CT molecular complexity index is 318. The Labute approximate surface area is 111 Å². The molecule has 0 atom stereocenters. The van der Waals surface area contributed by atoms with Crippen LogP contribution >= 0.6 is 22.6 Å². The van der Waals surface area contributed by atoms with Gasteiger partial charge in [0.15, 0.2) is 0 Å². The summed E-state index contributed by atoms with van der Waals surface area (Å²) in [6.07, 6.45) is 9.13. The first-order valence-electron chi connectivity index (χ1n) is 5.95. The minimum absolute atomic E-state index is 0.763. The second kappa shape index (κ2) is 5.80. The molecule has 0 bridgehead atoms. The summed E-state index contributed by atoms with van der Waals surface area (Å²) < 4.78 is 1.08. The lowest BCUT2D eigenvalue weighted by Gasteiger charge is -2.26. The molecule has 1 aliphatic carbocycles. The molecule has 0 saturated heterocycles. The lowest BCUT2D eigenvalue weighted by molar-refractivity contribution is 0.300. The van der Waals surface area contributed by atoms with Crippen LogP contribution < -0.4 is 5.32 Å². The first-order valence-corrected chi connectivity index (χ1v) is 7.03. The summed E-state index contributed by atoms with van der Waals surface area (Å²) >= 11 is 2.22. The van der Waals surface area contributed by atoms with Crippen molar-refractivity contribution in [3.05, 3.63) is 16.0 Å². The van der Waals surface area contributed by atoms with Crippen LogP contribution in [0.3, 0.4) is 0 Å². The van der Waals surface area contributed by atoms with Crippen molar-refractivity contribution in [3.8, 4) is 0 Å². The standard InChI is InChI=1S/C12H18IN3/c1-9-2-4-10(5-3-9)6-14-12-15-7-11(13)8-16-12/h7-10H,2-6H2,1H3,(H,14,15,16). The van der Waals surface area contributed by atoms with Crippen LogP contribution in [0, 0.1) is 15.4 Å². The van der Waals surface area contributed by atoms with Crippen molar-refractivity contribution in [3.63, 3.8) is 0 Å². The number of hydrogen-bond donors (Lipinski definition) is 1. The molecule has 1 aliphatic rings. The van der Waals surface area contributed by atoms with Crippen molar-refractivity contribution in [2.45, 2.75) is 32.6 Å². The molecule has 0 spiro atoms. The van der Waals surface area contributed by atoms with Gasteiger partial charge < -0.3 is 5.32 Å². The van der Waals surface area contributed by atoms with Gasteiger partial charge >= 0.3 is 0 Å². The fraction of sp³-hybridized carbons (Fsp3) is 0.667. The molecular weight excluding hydrogens is 313 g/mol. The van der Waals surface area contributed by atoms with Gasteiger partial charge in [0, 0.05) is 22.5 Å². The predicted molar refractivity (Wildman–Crippen MR) is 74.4 cm³/mol. The third-order valence-electron chi connectivity index (χ3n) is 3.30. The predicted octanol–water partition coefficient (Wildman–Crippen LogP) is 3.32. The second-order valence-electron chi connectivity index (χ2n) is 4.73. The summed E-state index contributed by atoms with van der Waals surface area (Å²) in [5.41, 5.74) is 0. The minimum Gasteiger partial charge on any atom is -0.354 e. The molecule has 1 N–H and O–H groups in total. The van der Waals surface area contributed by atoms with E-state index < -0.39 is 0 Å². The van der Waals surface area contributed by atoms with Gasteiger partial charge in [0.25, 0.3) is 0 Å². The Balaban J connectivity index is 1.77. The summed E-state index contributed by atoms with van der Waals surface area (Å²) in [5, 5.41) is 3.33. The molecule has 1 fully saturated rings. The molecule has 0 unspecified atom stereocenters. The first kappa shape index (κ1) is 12.1. The summed E-state index contributed by atoms with van der Waals surface area (Å²) in [6.45, 7) is 3.37. The van der Waals surface area contributed by atoms with Gasteiger partial charge in [-0.1, -0.05) is 19.8 Å². The SMILES string of the molecule is CC1CCC(CNc2ncc(I)cn2)CC1. The zero-order valence-electron chi connectivity index (χ0n) is 9.62. The Morgan fingerprint density at radius 1 is 1.25 bits per heavy atom. The van der Waals surface area contributed by atoms with Crippen LogP contribution in [0.5, 0.6) is 0 Å². The van der Waals surface area contributed by atoms with Gasteiger partial charge in [-0.2, -0.15) is 0 Å². The van der Waals surface area contributed by atoms with Crippen LogP contribution in [-0.2, 0) is 0 Å². The van der Waals surface area contributed by atoms with Crippen LogP contribution in [0.25, 0.3) is 0 Å².